The number of amides is 1. The van der Waals surface area contributed by atoms with Gasteiger partial charge in [-0.1, -0.05) is 6.07 Å². The number of carbonyl (C=O) groups is 2. The zero-order chi connectivity index (χ0) is 13.4. The van der Waals surface area contributed by atoms with Crippen LogP contribution in [-0.2, 0) is 9.59 Å². The van der Waals surface area contributed by atoms with Gasteiger partial charge in [0.05, 0.1) is 11.4 Å². The van der Waals surface area contributed by atoms with Crippen molar-refractivity contribution in [2.45, 2.75) is 6.42 Å². The zero-order valence-corrected chi connectivity index (χ0v) is 10.1. The Labute approximate surface area is 109 Å². The summed E-state index contributed by atoms with van der Waals surface area (Å²) in [7, 11) is 0. The molecule has 0 aliphatic carbocycles. The second-order valence-corrected chi connectivity index (χ2v) is 4.62. The molecule has 0 saturated carbocycles. The maximum Gasteiger partial charge on any atom is 0.308 e. The Morgan fingerprint density at radius 3 is 2.95 bits per heavy atom. The van der Waals surface area contributed by atoms with E-state index in [1.54, 1.807) is 12.3 Å². The van der Waals surface area contributed by atoms with Crippen LogP contribution in [0, 0.1) is 5.92 Å². The van der Waals surface area contributed by atoms with Gasteiger partial charge in [-0.3, -0.25) is 14.6 Å². The molecule has 2 aromatic rings. The number of nitrogens with zero attached hydrogens (tertiary/aromatic N) is 2. The largest absolute Gasteiger partial charge is 0.481 e. The van der Waals surface area contributed by atoms with Crippen LogP contribution in [0.4, 0.5) is 5.69 Å². The molecule has 0 bridgehead atoms. The zero-order valence-electron chi connectivity index (χ0n) is 10.1. The predicted molar refractivity (Wildman–Crippen MR) is 69.8 cm³/mol. The molecule has 1 saturated heterocycles. The number of carbonyl (C=O) groups excluding carboxylic acids is 1. The molecule has 1 aliphatic heterocycles. The number of aromatic nitrogens is 1. The predicted octanol–water partition coefficient (Wildman–Crippen LogP) is 1.67. The summed E-state index contributed by atoms with van der Waals surface area (Å²) in [4.78, 5) is 28.6. The fourth-order valence-electron chi connectivity index (χ4n) is 2.35. The molecule has 3 rings (SSSR count). The Kier molecular flexibility index (Phi) is 2.67. The highest BCUT2D eigenvalue weighted by Crippen LogP contribution is 2.27. The Balaban J connectivity index is 1.96. The van der Waals surface area contributed by atoms with Crippen molar-refractivity contribution >= 4 is 28.5 Å². The normalized spacial score (nSPS) is 19.1. The molecule has 1 aromatic carbocycles. The number of fused-ring (bicyclic) bond motifs is 1. The van der Waals surface area contributed by atoms with E-state index in [4.69, 9.17) is 5.11 Å². The quantitative estimate of drug-likeness (QED) is 0.887. The number of anilines is 1. The van der Waals surface area contributed by atoms with Crippen molar-refractivity contribution in [1.29, 1.82) is 0 Å². The molecule has 2 heterocycles. The highest BCUT2D eigenvalue weighted by molar-refractivity contribution is 6.00. The van der Waals surface area contributed by atoms with Crippen molar-refractivity contribution in [2.24, 2.45) is 5.92 Å². The number of carboxylic acid groups (broad SMARTS) is 1. The number of benzene rings is 1. The third-order valence-corrected chi connectivity index (χ3v) is 3.37. The number of hydrogen-bond acceptors (Lipinski definition) is 3. The minimum Gasteiger partial charge on any atom is -0.481 e. The third kappa shape index (κ3) is 2.03. The number of pyridine rings is 1. The molecule has 0 spiro atoms. The van der Waals surface area contributed by atoms with Crippen LogP contribution >= 0.6 is 0 Å². The summed E-state index contributed by atoms with van der Waals surface area (Å²) >= 11 is 0. The monoisotopic (exact) mass is 256 g/mol. The van der Waals surface area contributed by atoms with Crippen LogP contribution in [0.25, 0.3) is 10.9 Å². The third-order valence-electron chi connectivity index (χ3n) is 3.37. The van der Waals surface area contributed by atoms with Gasteiger partial charge in [-0.25, -0.2) is 0 Å². The highest BCUT2D eigenvalue weighted by Gasteiger charge is 2.35. The van der Waals surface area contributed by atoms with Crippen molar-refractivity contribution in [2.75, 3.05) is 11.4 Å². The fourth-order valence-corrected chi connectivity index (χ4v) is 2.35. The minimum absolute atomic E-state index is 0.0699. The average molecular weight is 256 g/mol. The lowest BCUT2D eigenvalue weighted by Gasteiger charge is -2.16. The van der Waals surface area contributed by atoms with Gasteiger partial charge in [0.2, 0.25) is 5.91 Å². The summed E-state index contributed by atoms with van der Waals surface area (Å²) in [6, 6.07) is 9.26. The number of hydrogen-bond donors (Lipinski definition) is 1. The van der Waals surface area contributed by atoms with E-state index in [1.807, 2.05) is 24.3 Å². The topological polar surface area (TPSA) is 70.5 Å². The van der Waals surface area contributed by atoms with Gasteiger partial charge in [0.25, 0.3) is 0 Å². The van der Waals surface area contributed by atoms with Gasteiger partial charge in [-0.05, 0) is 24.3 Å². The van der Waals surface area contributed by atoms with Crippen LogP contribution in [0.5, 0.6) is 0 Å². The van der Waals surface area contributed by atoms with Crippen LogP contribution < -0.4 is 4.90 Å². The maximum absolute atomic E-state index is 11.9. The first-order valence-corrected chi connectivity index (χ1v) is 6.03. The lowest BCUT2D eigenvalue weighted by atomic mass is 10.1. The summed E-state index contributed by atoms with van der Waals surface area (Å²) in [5.74, 6) is -1.67. The van der Waals surface area contributed by atoms with E-state index in [-0.39, 0.29) is 18.9 Å². The van der Waals surface area contributed by atoms with Gasteiger partial charge in [0, 0.05) is 30.2 Å². The molecule has 96 valence electrons. The molecule has 5 nitrogen and oxygen atoms in total. The van der Waals surface area contributed by atoms with E-state index >= 15 is 0 Å². The van der Waals surface area contributed by atoms with Crippen LogP contribution in [0.3, 0.4) is 0 Å². The van der Waals surface area contributed by atoms with Crippen molar-refractivity contribution in [3.05, 3.63) is 36.5 Å². The lowest BCUT2D eigenvalue weighted by Crippen LogP contribution is -2.25. The molecular formula is C14H12N2O3. The summed E-state index contributed by atoms with van der Waals surface area (Å²) in [6.45, 7) is 0.236. The Morgan fingerprint density at radius 1 is 1.37 bits per heavy atom. The standard InChI is InChI=1S/C14H12N2O3/c17-13-7-10(14(18)19)8-16(13)11-3-4-12-9(6-11)2-1-5-15-12/h1-6,10H,7-8H2,(H,18,19). The van der Waals surface area contributed by atoms with Crippen molar-refractivity contribution in [3.63, 3.8) is 0 Å². The molecule has 1 N–H and O–H groups in total. The first kappa shape index (κ1) is 11.6. The molecular weight excluding hydrogens is 244 g/mol. The van der Waals surface area contributed by atoms with Crippen molar-refractivity contribution in [3.8, 4) is 0 Å². The van der Waals surface area contributed by atoms with Gasteiger partial charge in [0.1, 0.15) is 0 Å². The van der Waals surface area contributed by atoms with Crippen molar-refractivity contribution in [1.82, 2.24) is 4.98 Å². The smallest absolute Gasteiger partial charge is 0.308 e. The molecule has 1 unspecified atom stereocenters. The fraction of sp³-hybridized carbons (Fsp3) is 0.214. The summed E-state index contributed by atoms with van der Waals surface area (Å²) in [5.41, 5.74) is 1.59. The Hall–Kier alpha value is -2.43. The van der Waals surface area contributed by atoms with E-state index in [0.717, 1.165) is 16.6 Å². The summed E-state index contributed by atoms with van der Waals surface area (Å²) < 4.78 is 0. The van der Waals surface area contributed by atoms with Gasteiger partial charge in [-0.2, -0.15) is 0 Å². The molecule has 1 aliphatic rings. The minimum atomic E-state index is -0.918. The molecule has 5 heteroatoms. The molecule has 1 atom stereocenters. The molecule has 19 heavy (non-hydrogen) atoms. The van der Waals surface area contributed by atoms with Crippen LogP contribution in [0.2, 0.25) is 0 Å². The van der Waals surface area contributed by atoms with E-state index in [0.29, 0.717) is 0 Å². The van der Waals surface area contributed by atoms with Gasteiger partial charge in [0.15, 0.2) is 0 Å². The number of carboxylic acids is 1. The molecule has 1 aromatic heterocycles. The molecule has 1 fully saturated rings. The SMILES string of the molecule is O=C(O)C1CC(=O)N(c2ccc3ncccc3c2)C1. The lowest BCUT2D eigenvalue weighted by molar-refractivity contribution is -0.141. The second-order valence-electron chi connectivity index (χ2n) is 4.62. The van der Waals surface area contributed by atoms with Crippen LogP contribution in [0.1, 0.15) is 6.42 Å². The maximum atomic E-state index is 11.9. The summed E-state index contributed by atoms with van der Waals surface area (Å²) in [5, 5.41) is 9.92. The number of aliphatic carboxylic acids is 1. The Morgan fingerprint density at radius 2 is 2.21 bits per heavy atom. The van der Waals surface area contributed by atoms with E-state index in [9.17, 15) is 9.59 Å². The Bertz CT molecular complexity index is 669. The van der Waals surface area contributed by atoms with Crippen molar-refractivity contribution < 1.29 is 14.7 Å². The van der Waals surface area contributed by atoms with E-state index in [2.05, 4.69) is 4.98 Å². The van der Waals surface area contributed by atoms with Gasteiger partial charge in [-0.15, -0.1) is 0 Å². The first-order valence-electron chi connectivity index (χ1n) is 6.03. The summed E-state index contributed by atoms with van der Waals surface area (Å²) in [6.07, 6.45) is 1.78. The van der Waals surface area contributed by atoms with Gasteiger partial charge >= 0.3 is 5.97 Å². The van der Waals surface area contributed by atoms with E-state index < -0.39 is 11.9 Å². The second kappa shape index (κ2) is 4.35. The van der Waals surface area contributed by atoms with Gasteiger partial charge < -0.3 is 10.0 Å². The van der Waals surface area contributed by atoms with E-state index in [1.165, 1.54) is 4.90 Å². The molecule has 1 amide bonds. The first-order chi connectivity index (χ1) is 9.15. The number of rotatable bonds is 2. The molecule has 0 radical (unpaired) electrons. The average Bonchev–Trinajstić information content (AvgIpc) is 2.80. The van der Waals surface area contributed by atoms with Crippen LogP contribution in [0.15, 0.2) is 36.5 Å². The van der Waals surface area contributed by atoms with Crippen LogP contribution in [-0.4, -0.2) is 28.5 Å². The highest BCUT2D eigenvalue weighted by atomic mass is 16.4.